The Balaban J connectivity index is 1.42. The molecule has 1 aromatic carbocycles. The fourth-order valence-corrected chi connectivity index (χ4v) is 4.63. The van der Waals surface area contributed by atoms with Gasteiger partial charge in [-0.3, -0.25) is 9.78 Å². The second-order valence-corrected chi connectivity index (χ2v) is 12.2. The van der Waals surface area contributed by atoms with Gasteiger partial charge in [-0.15, -0.1) is 0 Å². The van der Waals surface area contributed by atoms with Gasteiger partial charge in [0.25, 0.3) is 11.7 Å². The molecule has 0 aliphatic carbocycles. The van der Waals surface area contributed by atoms with Crippen LogP contribution in [0.1, 0.15) is 93.5 Å². The van der Waals surface area contributed by atoms with Crippen molar-refractivity contribution < 1.29 is 18.8 Å². The second kappa shape index (κ2) is 11.2. The van der Waals surface area contributed by atoms with Crippen LogP contribution in [-0.2, 0) is 16.7 Å². The number of hydrogen-bond donors (Lipinski definition) is 1. The van der Waals surface area contributed by atoms with E-state index in [1.54, 1.807) is 4.90 Å². The first-order valence-corrected chi connectivity index (χ1v) is 13.5. The molecule has 0 bridgehead atoms. The molecule has 0 unspecified atom stereocenters. The second-order valence-electron chi connectivity index (χ2n) is 12.2. The van der Waals surface area contributed by atoms with Crippen LogP contribution in [0, 0.1) is 6.92 Å². The summed E-state index contributed by atoms with van der Waals surface area (Å²) >= 11 is 0. The number of likely N-dealkylation sites (tertiary alicyclic amines) is 1. The van der Waals surface area contributed by atoms with Crippen molar-refractivity contribution in [2.75, 3.05) is 13.1 Å². The van der Waals surface area contributed by atoms with E-state index in [1.165, 1.54) is 5.56 Å². The monoisotopic (exact) mass is 533 g/mol. The van der Waals surface area contributed by atoms with Crippen molar-refractivity contribution in [2.24, 2.45) is 0 Å². The highest BCUT2D eigenvalue weighted by Crippen LogP contribution is 2.35. The van der Waals surface area contributed by atoms with Crippen LogP contribution in [0.3, 0.4) is 0 Å². The summed E-state index contributed by atoms with van der Waals surface area (Å²) in [4.78, 5) is 35.5. The van der Waals surface area contributed by atoms with Gasteiger partial charge in [0.15, 0.2) is 0 Å². The van der Waals surface area contributed by atoms with Crippen molar-refractivity contribution in [3.8, 4) is 11.1 Å². The minimum Gasteiger partial charge on any atom is -0.444 e. The van der Waals surface area contributed by atoms with E-state index in [1.807, 2.05) is 66.9 Å². The molecule has 1 fully saturated rings. The number of rotatable bonds is 5. The van der Waals surface area contributed by atoms with Gasteiger partial charge in [-0.2, -0.15) is 4.98 Å². The van der Waals surface area contributed by atoms with Crippen molar-refractivity contribution >= 4 is 12.0 Å². The first-order chi connectivity index (χ1) is 18.3. The predicted molar refractivity (Wildman–Crippen MR) is 148 cm³/mol. The number of carbonyl (C=O) groups excluding carboxylic acids is 2. The van der Waals surface area contributed by atoms with Gasteiger partial charge >= 0.3 is 6.09 Å². The Morgan fingerprint density at radius 3 is 2.44 bits per heavy atom. The number of nitrogens with zero attached hydrogens (tertiary/aromatic N) is 4. The highest BCUT2D eigenvalue weighted by molar-refractivity contribution is 5.90. The molecule has 0 radical (unpaired) electrons. The minimum absolute atomic E-state index is 0.0355. The molecule has 3 aromatic rings. The fraction of sp³-hybridized carbons (Fsp3) is 0.500. The van der Waals surface area contributed by atoms with E-state index in [0.29, 0.717) is 31.4 Å². The summed E-state index contributed by atoms with van der Waals surface area (Å²) in [6, 6.07) is 8.31. The highest BCUT2D eigenvalue weighted by Gasteiger charge is 2.29. The van der Waals surface area contributed by atoms with Gasteiger partial charge in [0.05, 0.1) is 0 Å². The van der Waals surface area contributed by atoms with Gasteiger partial charge in [0.1, 0.15) is 5.60 Å². The molecule has 1 N–H and O–H groups in total. The first-order valence-electron chi connectivity index (χ1n) is 13.5. The predicted octanol–water partition coefficient (Wildman–Crippen LogP) is 5.78. The van der Waals surface area contributed by atoms with Crippen LogP contribution in [0.25, 0.3) is 11.1 Å². The smallest absolute Gasteiger partial charge is 0.410 e. The first kappa shape index (κ1) is 28.3. The number of ether oxygens (including phenoxy) is 1. The lowest BCUT2D eigenvalue weighted by Gasteiger charge is -2.34. The average molecular weight is 534 g/mol. The zero-order valence-corrected chi connectivity index (χ0v) is 24.0. The molecule has 1 saturated heterocycles. The summed E-state index contributed by atoms with van der Waals surface area (Å²) in [5.74, 6) is 0.400. The maximum Gasteiger partial charge on any atom is 0.410 e. The molecule has 4 rings (SSSR count). The Morgan fingerprint density at radius 2 is 1.82 bits per heavy atom. The number of aryl methyl sites for hydroxylation is 1. The van der Waals surface area contributed by atoms with Crippen molar-refractivity contribution in [2.45, 2.75) is 84.8 Å². The van der Waals surface area contributed by atoms with Gasteiger partial charge < -0.3 is 19.5 Å². The SMILES string of the molecule is Cc1cc(-c2ccncc2C2CCN(C(=O)OC(C)(C)C)CC2)ccc1CNC(=O)c1noc(C(C)(C)C)n1. The summed E-state index contributed by atoms with van der Waals surface area (Å²) in [6.07, 6.45) is 5.22. The molecule has 3 heterocycles. The molecular weight excluding hydrogens is 494 g/mol. The number of pyridine rings is 1. The third-order valence-electron chi connectivity index (χ3n) is 6.80. The molecule has 9 heteroatoms. The van der Waals surface area contributed by atoms with E-state index < -0.39 is 5.60 Å². The van der Waals surface area contributed by atoms with Crippen molar-refractivity contribution in [3.63, 3.8) is 0 Å². The van der Waals surface area contributed by atoms with Gasteiger partial charge in [-0.05, 0) is 80.3 Å². The molecular formula is C30H39N5O4. The zero-order valence-electron chi connectivity index (χ0n) is 24.0. The lowest BCUT2D eigenvalue weighted by atomic mass is 9.85. The standard InChI is InChI=1S/C30H39N5O4/c1-19-16-21(8-9-22(19)17-32-26(36)25-33-27(39-34-25)29(2,3)4)23-10-13-31-18-24(23)20-11-14-35(15-12-20)28(37)38-30(5,6)7/h8-10,13,16,18,20H,11-12,14-15,17H2,1-7H3,(H,32,36). The molecule has 1 aliphatic heterocycles. The minimum atomic E-state index is -0.500. The number of benzene rings is 1. The van der Waals surface area contributed by atoms with Gasteiger partial charge in [0.2, 0.25) is 5.89 Å². The topological polar surface area (TPSA) is 110 Å². The number of carbonyl (C=O) groups is 2. The van der Waals surface area contributed by atoms with Gasteiger partial charge in [-0.1, -0.05) is 44.1 Å². The fourth-order valence-electron chi connectivity index (χ4n) is 4.63. The van der Waals surface area contributed by atoms with E-state index in [9.17, 15) is 9.59 Å². The average Bonchev–Trinajstić information content (AvgIpc) is 3.38. The zero-order chi connectivity index (χ0) is 28.4. The molecule has 2 amide bonds. The summed E-state index contributed by atoms with van der Waals surface area (Å²) < 4.78 is 10.8. The molecule has 9 nitrogen and oxygen atoms in total. The van der Waals surface area contributed by atoms with Crippen molar-refractivity contribution in [1.29, 1.82) is 0 Å². The van der Waals surface area contributed by atoms with Crippen LogP contribution in [0.4, 0.5) is 4.79 Å². The van der Waals surface area contributed by atoms with E-state index in [2.05, 4.69) is 38.6 Å². The number of aromatic nitrogens is 3. The maximum atomic E-state index is 12.6. The van der Waals surface area contributed by atoms with Gasteiger partial charge in [0, 0.05) is 37.4 Å². The number of amides is 2. The van der Waals surface area contributed by atoms with E-state index >= 15 is 0 Å². The molecule has 39 heavy (non-hydrogen) atoms. The largest absolute Gasteiger partial charge is 0.444 e. The molecule has 0 saturated carbocycles. The van der Waals surface area contributed by atoms with Crippen LogP contribution < -0.4 is 5.32 Å². The van der Waals surface area contributed by atoms with Gasteiger partial charge in [-0.25, -0.2) is 4.79 Å². The van der Waals surface area contributed by atoms with E-state index in [4.69, 9.17) is 9.26 Å². The lowest BCUT2D eigenvalue weighted by Crippen LogP contribution is -2.41. The summed E-state index contributed by atoms with van der Waals surface area (Å²) in [5, 5.41) is 6.72. The van der Waals surface area contributed by atoms with Crippen LogP contribution in [0.15, 0.2) is 41.2 Å². The summed E-state index contributed by atoms with van der Waals surface area (Å²) in [5.41, 5.74) is 4.68. The van der Waals surface area contributed by atoms with Crippen molar-refractivity contribution in [3.05, 3.63) is 65.1 Å². The van der Waals surface area contributed by atoms with Crippen LogP contribution in [0.2, 0.25) is 0 Å². The van der Waals surface area contributed by atoms with E-state index in [-0.39, 0.29) is 23.2 Å². The summed E-state index contributed by atoms with van der Waals surface area (Å²) in [6.45, 7) is 15.2. The third-order valence-corrected chi connectivity index (χ3v) is 6.80. The highest BCUT2D eigenvalue weighted by atomic mass is 16.6. The normalized spacial score (nSPS) is 14.8. The van der Waals surface area contributed by atoms with Crippen LogP contribution in [-0.4, -0.2) is 50.7 Å². The molecule has 208 valence electrons. The number of hydrogen-bond acceptors (Lipinski definition) is 7. The number of nitrogens with one attached hydrogen (secondary N) is 1. The lowest BCUT2D eigenvalue weighted by molar-refractivity contribution is 0.0205. The number of piperidine rings is 1. The Kier molecular flexibility index (Phi) is 8.09. The van der Waals surface area contributed by atoms with E-state index in [0.717, 1.165) is 35.1 Å². The Morgan fingerprint density at radius 1 is 1.10 bits per heavy atom. The molecule has 1 aliphatic rings. The quantitative estimate of drug-likeness (QED) is 0.442. The van der Waals surface area contributed by atoms with Crippen LogP contribution >= 0.6 is 0 Å². The molecule has 0 spiro atoms. The van der Waals surface area contributed by atoms with Crippen molar-refractivity contribution in [1.82, 2.24) is 25.3 Å². The Hall–Kier alpha value is -3.75. The third kappa shape index (κ3) is 7.02. The molecule has 0 atom stereocenters. The maximum absolute atomic E-state index is 12.6. The Labute approximate surface area is 230 Å². The summed E-state index contributed by atoms with van der Waals surface area (Å²) in [7, 11) is 0. The Bertz CT molecular complexity index is 1330. The molecule has 2 aromatic heterocycles. The van der Waals surface area contributed by atoms with Crippen LogP contribution in [0.5, 0.6) is 0 Å².